The minimum absolute atomic E-state index is 0.340. The molecule has 0 bridgehead atoms. The number of amides is 1. The van der Waals surface area contributed by atoms with Gasteiger partial charge in [0.25, 0.3) is 0 Å². The van der Waals surface area contributed by atoms with E-state index < -0.39 is 11.7 Å². The number of alkyl carbamates (subject to hydrolysis) is 1. The normalized spacial score (nSPS) is 10.8. The summed E-state index contributed by atoms with van der Waals surface area (Å²) in [5.41, 5.74) is 1.45. The molecule has 0 atom stereocenters. The SMILES string of the molecule is CCOC(=O)c1ccc(C#Cc2cccc(NCCCOCCOCCOCCCNC(=O)OC(C)(C)C)n2)cc1. The van der Waals surface area contributed by atoms with Crippen LogP contribution >= 0.6 is 0 Å². The van der Waals surface area contributed by atoms with Gasteiger partial charge < -0.3 is 34.3 Å². The molecule has 2 aromatic rings. The molecule has 0 saturated carbocycles. The summed E-state index contributed by atoms with van der Waals surface area (Å²) >= 11 is 0. The van der Waals surface area contributed by atoms with E-state index in [2.05, 4.69) is 27.5 Å². The Morgan fingerprint density at radius 1 is 0.829 bits per heavy atom. The molecule has 10 nitrogen and oxygen atoms in total. The summed E-state index contributed by atoms with van der Waals surface area (Å²) in [5.74, 6) is 6.53. The first kappa shape index (κ1) is 33.6. The van der Waals surface area contributed by atoms with Crippen LogP contribution in [0.4, 0.5) is 10.6 Å². The number of rotatable bonds is 17. The molecule has 0 saturated heterocycles. The van der Waals surface area contributed by atoms with Crippen molar-refractivity contribution in [3.8, 4) is 11.8 Å². The topological polar surface area (TPSA) is 117 Å². The highest BCUT2D eigenvalue weighted by Crippen LogP contribution is 2.08. The third-order valence-electron chi connectivity index (χ3n) is 5.13. The minimum Gasteiger partial charge on any atom is -0.462 e. The van der Waals surface area contributed by atoms with Crippen molar-refractivity contribution in [1.82, 2.24) is 10.3 Å². The summed E-state index contributed by atoms with van der Waals surface area (Å²) in [6, 6.07) is 12.6. The number of benzene rings is 1. The molecule has 0 fully saturated rings. The first-order chi connectivity index (χ1) is 19.8. The Balaban J connectivity index is 1.48. The maximum absolute atomic E-state index is 11.7. The Morgan fingerprint density at radius 3 is 2.10 bits per heavy atom. The molecule has 0 spiro atoms. The molecule has 1 aromatic heterocycles. The Morgan fingerprint density at radius 2 is 1.46 bits per heavy atom. The van der Waals surface area contributed by atoms with Crippen LogP contribution in [0.1, 0.15) is 62.2 Å². The van der Waals surface area contributed by atoms with E-state index in [1.807, 2.05) is 39.0 Å². The zero-order valence-electron chi connectivity index (χ0n) is 24.6. The van der Waals surface area contributed by atoms with Crippen LogP contribution in [-0.2, 0) is 23.7 Å². The number of carbonyl (C=O) groups is 2. The van der Waals surface area contributed by atoms with Crippen LogP contribution in [0.5, 0.6) is 0 Å². The first-order valence-corrected chi connectivity index (χ1v) is 14.0. The lowest BCUT2D eigenvalue weighted by atomic mass is 10.1. The highest BCUT2D eigenvalue weighted by Gasteiger charge is 2.15. The van der Waals surface area contributed by atoms with Gasteiger partial charge in [0.1, 0.15) is 17.1 Å². The average Bonchev–Trinajstić information content (AvgIpc) is 2.93. The lowest BCUT2D eigenvalue weighted by Gasteiger charge is -2.19. The third-order valence-corrected chi connectivity index (χ3v) is 5.13. The number of hydrogen-bond acceptors (Lipinski definition) is 9. The largest absolute Gasteiger partial charge is 0.462 e. The highest BCUT2D eigenvalue weighted by molar-refractivity contribution is 5.89. The van der Waals surface area contributed by atoms with Crippen LogP contribution < -0.4 is 10.6 Å². The summed E-state index contributed by atoms with van der Waals surface area (Å²) in [4.78, 5) is 27.8. The van der Waals surface area contributed by atoms with Crippen molar-refractivity contribution in [2.75, 3.05) is 64.7 Å². The molecule has 1 aromatic carbocycles. The van der Waals surface area contributed by atoms with E-state index >= 15 is 0 Å². The number of pyridine rings is 1. The van der Waals surface area contributed by atoms with E-state index in [1.54, 1.807) is 31.2 Å². The van der Waals surface area contributed by atoms with Crippen molar-refractivity contribution < 1.29 is 33.3 Å². The van der Waals surface area contributed by atoms with E-state index in [0.717, 1.165) is 24.3 Å². The van der Waals surface area contributed by atoms with Gasteiger partial charge >= 0.3 is 12.1 Å². The molecule has 10 heteroatoms. The van der Waals surface area contributed by atoms with Gasteiger partial charge in [-0.05, 0) is 82.9 Å². The number of nitrogens with zero attached hydrogens (tertiary/aromatic N) is 1. The molecule has 0 radical (unpaired) electrons. The van der Waals surface area contributed by atoms with Gasteiger partial charge in [0.2, 0.25) is 0 Å². The lowest BCUT2D eigenvalue weighted by Crippen LogP contribution is -2.33. The van der Waals surface area contributed by atoms with Crippen LogP contribution in [-0.4, -0.2) is 82.0 Å². The molecule has 0 unspecified atom stereocenters. The summed E-state index contributed by atoms with van der Waals surface area (Å²) in [5, 5.41) is 5.98. The van der Waals surface area contributed by atoms with Crippen LogP contribution in [0.15, 0.2) is 42.5 Å². The first-order valence-electron chi connectivity index (χ1n) is 14.0. The standard InChI is InChI=1S/C31H43N3O7/c1-5-40-29(35)26-14-11-25(12-15-26)13-16-27-9-6-10-28(34-27)32-17-7-19-37-21-23-39-24-22-38-20-8-18-33-30(36)41-31(2,3)4/h6,9-12,14-15H,5,7-8,17-24H2,1-4H3,(H,32,34)(H,33,36). The Hall–Kier alpha value is -3.65. The minimum atomic E-state index is -0.495. The van der Waals surface area contributed by atoms with Crippen LogP contribution in [0.2, 0.25) is 0 Å². The number of carbonyl (C=O) groups excluding carboxylic acids is 2. The number of ether oxygens (including phenoxy) is 5. The van der Waals surface area contributed by atoms with E-state index in [-0.39, 0.29) is 5.97 Å². The van der Waals surface area contributed by atoms with Gasteiger partial charge in [-0.3, -0.25) is 0 Å². The van der Waals surface area contributed by atoms with Gasteiger partial charge in [-0.2, -0.15) is 0 Å². The smallest absolute Gasteiger partial charge is 0.407 e. The fraction of sp³-hybridized carbons (Fsp3) is 0.516. The summed E-state index contributed by atoms with van der Waals surface area (Å²) in [6.45, 7) is 12.0. The number of anilines is 1. The third kappa shape index (κ3) is 16.3. The molecule has 0 aliphatic rings. The molecule has 0 aliphatic heterocycles. The van der Waals surface area contributed by atoms with Crippen molar-refractivity contribution in [3.63, 3.8) is 0 Å². The van der Waals surface area contributed by atoms with E-state index in [4.69, 9.17) is 23.7 Å². The van der Waals surface area contributed by atoms with Gasteiger partial charge in [0.15, 0.2) is 0 Å². The monoisotopic (exact) mass is 569 g/mol. The van der Waals surface area contributed by atoms with Crippen molar-refractivity contribution in [2.24, 2.45) is 0 Å². The Kier molecular flexibility index (Phi) is 15.9. The van der Waals surface area contributed by atoms with Gasteiger partial charge in [-0.15, -0.1) is 0 Å². The number of hydrogen-bond donors (Lipinski definition) is 2. The predicted octanol–water partition coefficient (Wildman–Crippen LogP) is 4.42. The number of nitrogens with one attached hydrogen (secondary N) is 2. The second kappa shape index (κ2) is 19.4. The van der Waals surface area contributed by atoms with E-state index in [0.29, 0.717) is 70.5 Å². The maximum Gasteiger partial charge on any atom is 0.407 e. The second-order valence-electron chi connectivity index (χ2n) is 9.86. The summed E-state index contributed by atoms with van der Waals surface area (Å²) in [7, 11) is 0. The van der Waals surface area contributed by atoms with Crippen LogP contribution in [0, 0.1) is 11.8 Å². The van der Waals surface area contributed by atoms with Crippen LogP contribution in [0.25, 0.3) is 0 Å². The summed E-state index contributed by atoms with van der Waals surface area (Å²) in [6.07, 6.45) is 1.12. The van der Waals surface area contributed by atoms with Crippen molar-refractivity contribution >= 4 is 17.9 Å². The lowest BCUT2D eigenvalue weighted by molar-refractivity contribution is 0.0139. The average molecular weight is 570 g/mol. The molecule has 41 heavy (non-hydrogen) atoms. The zero-order chi connectivity index (χ0) is 29.8. The van der Waals surface area contributed by atoms with E-state index in [1.165, 1.54) is 0 Å². The zero-order valence-corrected chi connectivity index (χ0v) is 24.6. The van der Waals surface area contributed by atoms with Gasteiger partial charge in [0.05, 0.1) is 38.6 Å². The molecule has 2 rings (SSSR count). The van der Waals surface area contributed by atoms with Gasteiger partial charge in [0, 0.05) is 31.9 Å². The fourth-order valence-corrected chi connectivity index (χ4v) is 3.25. The molecule has 2 N–H and O–H groups in total. The molecule has 224 valence electrons. The Labute approximate surface area is 243 Å². The van der Waals surface area contributed by atoms with Crippen molar-refractivity contribution in [1.29, 1.82) is 0 Å². The number of esters is 1. The number of aromatic nitrogens is 1. The molecule has 1 heterocycles. The maximum atomic E-state index is 11.7. The van der Waals surface area contributed by atoms with Crippen molar-refractivity contribution in [3.05, 3.63) is 59.3 Å². The predicted molar refractivity (Wildman–Crippen MR) is 157 cm³/mol. The quantitative estimate of drug-likeness (QED) is 0.162. The van der Waals surface area contributed by atoms with E-state index in [9.17, 15) is 9.59 Å². The molecular formula is C31H43N3O7. The van der Waals surface area contributed by atoms with Crippen LogP contribution in [0.3, 0.4) is 0 Å². The Bertz CT molecular complexity index is 1110. The molecule has 0 aliphatic carbocycles. The molecule has 1 amide bonds. The molecular weight excluding hydrogens is 526 g/mol. The summed E-state index contributed by atoms with van der Waals surface area (Å²) < 4.78 is 26.8. The fourth-order valence-electron chi connectivity index (χ4n) is 3.25. The second-order valence-corrected chi connectivity index (χ2v) is 9.86. The van der Waals surface area contributed by atoms with Gasteiger partial charge in [-0.1, -0.05) is 12.0 Å². The van der Waals surface area contributed by atoms with Gasteiger partial charge in [-0.25, -0.2) is 14.6 Å². The highest BCUT2D eigenvalue weighted by atomic mass is 16.6. The van der Waals surface area contributed by atoms with Crippen molar-refractivity contribution in [2.45, 2.75) is 46.1 Å².